The van der Waals surface area contributed by atoms with Crippen LogP contribution in [0.5, 0.6) is 11.5 Å². The highest BCUT2D eigenvalue weighted by Crippen LogP contribution is 2.38. The Hall–Kier alpha value is -2.99. The number of aliphatic hydroxyl groups is 1. The van der Waals surface area contributed by atoms with Crippen molar-refractivity contribution in [2.24, 2.45) is 0 Å². The number of hydrogen-bond acceptors (Lipinski definition) is 5. The molecule has 0 saturated heterocycles. The van der Waals surface area contributed by atoms with Crippen molar-refractivity contribution in [2.75, 3.05) is 18.6 Å². The fourth-order valence-electron chi connectivity index (χ4n) is 2.72. The predicted molar refractivity (Wildman–Crippen MR) is 97.7 cm³/mol. The van der Waals surface area contributed by atoms with Crippen molar-refractivity contribution < 1.29 is 24.2 Å². The molecule has 1 aliphatic rings. The Balaban J connectivity index is 2.02. The maximum atomic E-state index is 12.9. The Morgan fingerprint density at radius 1 is 1.08 bits per heavy atom. The van der Waals surface area contributed by atoms with E-state index in [-0.39, 0.29) is 17.0 Å². The van der Waals surface area contributed by atoms with Gasteiger partial charge in [-0.25, -0.2) is 4.90 Å². The van der Waals surface area contributed by atoms with Gasteiger partial charge < -0.3 is 14.6 Å². The molecule has 3 rings (SSSR count). The Bertz CT molecular complexity index is 905. The molecule has 7 heteroatoms. The van der Waals surface area contributed by atoms with Gasteiger partial charge in [-0.3, -0.25) is 9.59 Å². The third kappa shape index (κ3) is 2.99. The van der Waals surface area contributed by atoms with E-state index in [2.05, 4.69) is 0 Å². The minimum absolute atomic E-state index is 0.0833. The number of hydrogen-bond donors (Lipinski definition) is 1. The number of aliphatic hydroxyl groups excluding tert-OH is 1. The molecule has 2 aromatic rings. The molecule has 1 heterocycles. The van der Waals surface area contributed by atoms with Crippen molar-refractivity contribution in [3.63, 3.8) is 0 Å². The topological polar surface area (TPSA) is 76.1 Å². The molecule has 0 saturated carbocycles. The fraction of sp³-hybridized carbons (Fsp3) is 0.158. The molecule has 2 amide bonds. The van der Waals surface area contributed by atoms with Crippen LogP contribution in [0.1, 0.15) is 12.5 Å². The van der Waals surface area contributed by atoms with Gasteiger partial charge in [0.1, 0.15) is 11.5 Å². The van der Waals surface area contributed by atoms with E-state index in [9.17, 15) is 14.7 Å². The number of rotatable bonds is 5. The molecule has 0 fully saturated rings. The van der Waals surface area contributed by atoms with Gasteiger partial charge in [-0.05, 0) is 42.8 Å². The van der Waals surface area contributed by atoms with E-state index in [0.717, 1.165) is 4.90 Å². The summed E-state index contributed by atoms with van der Waals surface area (Å²) in [5, 5.41) is 10.6. The molecular weight excluding hydrogens is 358 g/mol. The van der Waals surface area contributed by atoms with Gasteiger partial charge in [0, 0.05) is 5.02 Å². The Kier molecular flexibility index (Phi) is 4.86. The summed E-state index contributed by atoms with van der Waals surface area (Å²) in [6, 6.07) is 11.1. The number of ether oxygens (including phenoxy) is 2. The Morgan fingerprint density at radius 3 is 2.38 bits per heavy atom. The van der Waals surface area contributed by atoms with Crippen LogP contribution in [0.4, 0.5) is 5.69 Å². The molecule has 1 N–H and O–H groups in total. The smallest absolute Gasteiger partial charge is 0.301 e. The number of nitrogens with zero attached hydrogens (tertiary/aromatic N) is 1. The lowest BCUT2D eigenvalue weighted by molar-refractivity contribution is -0.121. The quantitative estimate of drug-likeness (QED) is 0.810. The number of carbonyl (C=O) groups excluding carboxylic acids is 2. The largest absolute Gasteiger partial charge is 0.502 e. The lowest BCUT2D eigenvalue weighted by Gasteiger charge is -2.18. The number of amides is 2. The predicted octanol–water partition coefficient (Wildman–Crippen LogP) is 3.59. The van der Waals surface area contributed by atoms with Gasteiger partial charge in [0.2, 0.25) is 0 Å². The van der Waals surface area contributed by atoms with E-state index in [0.29, 0.717) is 22.9 Å². The van der Waals surface area contributed by atoms with Crippen molar-refractivity contribution in [1.82, 2.24) is 0 Å². The van der Waals surface area contributed by atoms with E-state index < -0.39 is 17.6 Å². The maximum Gasteiger partial charge on any atom is 0.301 e. The number of benzene rings is 2. The molecule has 0 spiro atoms. The summed E-state index contributed by atoms with van der Waals surface area (Å²) >= 11 is 5.99. The number of methoxy groups -OCH3 is 1. The van der Waals surface area contributed by atoms with Crippen LogP contribution in [0.15, 0.2) is 48.2 Å². The number of carbonyl (C=O) groups is 2. The van der Waals surface area contributed by atoms with Crippen molar-refractivity contribution in [2.45, 2.75) is 6.92 Å². The average Bonchev–Trinajstić information content (AvgIpc) is 2.85. The highest BCUT2D eigenvalue weighted by Gasteiger charge is 2.41. The van der Waals surface area contributed by atoms with E-state index in [1.807, 2.05) is 6.92 Å². The average molecular weight is 374 g/mol. The van der Waals surface area contributed by atoms with E-state index in [1.165, 1.54) is 13.2 Å². The normalized spacial score (nSPS) is 14.2. The third-order valence-corrected chi connectivity index (χ3v) is 4.13. The lowest BCUT2D eigenvalue weighted by Crippen LogP contribution is -2.31. The van der Waals surface area contributed by atoms with Crippen LogP contribution in [0, 0.1) is 0 Å². The molecule has 0 aliphatic carbocycles. The van der Waals surface area contributed by atoms with Crippen LogP contribution in [0.25, 0.3) is 5.57 Å². The van der Waals surface area contributed by atoms with Gasteiger partial charge in [0.25, 0.3) is 5.91 Å². The van der Waals surface area contributed by atoms with Gasteiger partial charge in [0.05, 0.1) is 25.0 Å². The third-order valence-electron chi connectivity index (χ3n) is 3.90. The van der Waals surface area contributed by atoms with Gasteiger partial charge in [0.15, 0.2) is 5.76 Å². The summed E-state index contributed by atoms with van der Waals surface area (Å²) in [5.41, 5.74) is 0.496. The number of imide groups is 1. The maximum absolute atomic E-state index is 12.9. The van der Waals surface area contributed by atoms with E-state index in [1.54, 1.807) is 36.4 Å². The van der Waals surface area contributed by atoms with Crippen LogP contribution < -0.4 is 14.4 Å². The summed E-state index contributed by atoms with van der Waals surface area (Å²) < 4.78 is 10.6. The lowest BCUT2D eigenvalue weighted by atomic mass is 10.1. The minimum Gasteiger partial charge on any atom is -0.502 e. The zero-order chi connectivity index (χ0) is 18.8. The highest BCUT2D eigenvalue weighted by molar-refractivity contribution is 6.45. The standard InChI is InChI=1S/C19H16ClNO5/c1-3-26-13-7-4-11(5-8-13)16-17(22)19(24)21(18(16)23)14-10-12(20)6-9-15(14)25-2/h4-10,22H,3H2,1-2H3. The van der Waals surface area contributed by atoms with Crippen LogP contribution >= 0.6 is 11.6 Å². The zero-order valence-electron chi connectivity index (χ0n) is 14.2. The van der Waals surface area contributed by atoms with Gasteiger partial charge in [-0.15, -0.1) is 0 Å². The minimum atomic E-state index is -0.834. The second-order valence-electron chi connectivity index (χ2n) is 5.44. The summed E-state index contributed by atoms with van der Waals surface area (Å²) in [7, 11) is 1.42. The molecule has 134 valence electrons. The van der Waals surface area contributed by atoms with Crippen LogP contribution in [0.3, 0.4) is 0 Å². The van der Waals surface area contributed by atoms with Crippen molar-refractivity contribution in [3.05, 3.63) is 58.8 Å². The zero-order valence-corrected chi connectivity index (χ0v) is 14.9. The second-order valence-corrected chi connectivity index (χ2v) is 5.88. The first-order valence-corrected chi connectivity index (χ1v) is 8.24. The molecule has 1 aliphatic heterocycles. The van der Waals surface area contributed by atoms with Crippen LogP contribution in [-0.4, -0.2) is 30.6 Å². The molecule has 0 radical (unpaired) electrons. The first kappa shape index (κ1) is 17.8. The van der Waals surface area contributed by atoms with Gasteiger partial charge in [-0.2, -0.15) is 0 Å². The summed E-state index contributed by atoms with van der Waals surface area (Å²) in [5.74, 6) is -1.20. The molecule has 0 unspecified atom stereocenters. The highest BCUT2D eigenvalue weighted by atomic mass is 35.5. The van der Waals surface area contributed by atoms with Crippen molar-refractivity contribution in [3.8, 4) is 11.5 Å². The molecular formula is C19H16ClNO5. The molecule has 6 nitrogen and oxygen atoms in total. The Morgan fingerprint density at radius 2 is 1.77 bits per heavy atom. The van der Waals surface area contributed by atoms with E-state index in [4.69, 9.17) is 21.1 Å². The van der Waals surface area contributed by atoms with E-state index >= 15 is 0 Å². The molecule has 0 bridgehead atoms. The molecule has 26 heavy (non-hydrogen) atoms. The molecule has 0 atom stereocenters. The first-order chi connectivity index (χ1) is 12.5. The monoisotopic (exact) mass is 373 g/mol. The fourth-order valence-corrected chi connectivity index (χ4v) is 2.89. The second kappa shape index (κ2) is 7.09. The summed E-state index contributed by atoms with van der Waals surface area (Å²) in [4.78, 5) is 26.3. The number of anilines is 1. The van der Waals surface area contributed by atoms with Crippen molar-refractivity contribution >= 4 is 34.7 Å². The first-order valence-electron chi connectivity index (χ1n) is 7.86. The molecule has 0 aromatic heterocycles. The molecule has 2 aromatic carbocycles. The van der Waals surface area contributed by atoms with Gasteiger partial charge in [-0.1, -0.05) is 23.7 Å². The van der Waals surface area contributed by atoms with Crippen LogP contribution in [0.2, 0.25) is 5.02 Å². The van der Waals surface area contributed by atoms with Gasteiger partial charge >= 0.3 is 5.91 Å². The summed E-state index contributed by atoms with van der Waals surface area (Å²) in [6.45, 7) is 2.37. The SMILES string of the molecule is CCOc1ccc(C2=C(O)C(=O)N(c3cc(Cl)ccc3OC)C2=O)cc1. The Labute approximate surface area is 155 Å². The summed E-state index contributed by atoms with van der Waals surface area (Å²) in [6.07, 6.45) is 0. The van der Waals surface area contributed by atoms with Crippen LogP contribution in [-0.2, 0) is 9.59 Å². The van der Waals surface area contributed by atoms with Crippen molar-refractivity contribution in [1.29, 1.82) is 0 Å². The number of halogens is 1.